The molecule has 0 unspecified atom stereocenters. The lowest BCUT2D eigenvalue weighted by atomic mass is 9.89. The number of halogens is 1. The number of nitrogens with zero attached hydrogens (tertiary/aromatic N) is 1. The van der Waals surface area contributed by atoms with Crippen molar-refractivity contribution < 1.29 is 19.1 Å². The van der Waals surface area contributed by atoms with Crippen LogP contribution in [0.4, 0.5) is 4.79 Å². The molecule has 32 heavy (non-hydrogen) atoms. The smallest absolute Gasteiger partial charge is 0.293 e. The van der Waals surface area contributed by atoms with E-state index in [-0.39, 0.29) is 11.1 Å². The molecule has 5 nitrogen and oxygen atoms in total. The number of rotatable bonds is 7. The van der Waals surface area contributed by atoms with Crippen LogP contribution < -0.4 is 9.47 Å². The molecule has 1 aliphatic heterocycles. The van der Waals surface area contributed by atoms with Gasteiger partial charge in [-0.05, 0) is 60.4 Å². The number of imide groups is 1. The average molecular weight is 472 g/mol. The minimum Gasteiger partial charge on any atom is -0.493 e. The van der Waals surface area contributed by atoms with E-state index in [4.69, 9.17) is 21.1 Å². The number of thioether (sulfide) groups is 1. The SMILES string of the molecule is COc1cc(/C=C2/SC(=O)N(CC3CCCCC3)C2=O)ccc1OCc1ccccc1Cl. The van der Waals surface area contributed by atoms with Gasteiger partial charge >= 0.3 is 0 Å². The van der Waals surface area contributed by atoms with E-state index in [0.717, 1.165) is 35.7 Å². The predicted octanol–water partition coefficient (Wildman–Crippen LogP) is 6.54. The van der Waals surface area contributed by atoms with Crippen LogP contribution in [0.25, 0.3) is 6.08 Å². The summed E-state index contributed by atoms with van der Waals surface area (Å²) in [5.74, 6) is 1.34. The summed E-state index contributed by atoms with van der Waals surface area (Å²) in [6.07, 6.45) is 7.54. The largest absolute Gasteiger partial charge is 0.493 e. The van der Waals surface area contributed by atoms with Crippen LogP contribution in [0.1, 0.15) is 43.2 Å². The second kappa shape index (κ2) is 10.5. The normalized spacial score (nSPS) is 18.4. The lowest BCUT2D eigenvalue weighted by Crippen LogP contribution is -2.34. The summed E-state index contributed by atoms with van der Waals surface area (Å²) >= 11 is 7.20. The Bertz CT molecular complexity index is 1030. The van der Waals surface area contributed by atoms with Gasteiger partial charge in [-0.1, -0.05) is 55.1 Å². The van der Waals surface area contributed by atoms with Gasteiger partial charge < -0.3 is 9.47 Å². The molecule has 7 heteroatoms. The molecule has 0 aromatic heterocycles. The van der Waals surface area contributed by atoms with Crippen molar-refractivity contribution in [2.45, 2.75) is 38.7 Å². The van der Waals surface area contributed by atoms with E-state index in [1.807, 2.05) is 30.3 Å². The van der Waals surface area contributed by atoms with Gasteiger partial charge in [-0.3, -0.25) is 14.5 Å². The summed E-state index contributed by atoms with van der Waals surface area (Å²) < 4.78 is 11.4. The fourth-order valence-electron chi connectivity index (χ4n) is 4.10. The quantitative estimate of drug-likeness (QED) is 0.429. The van der Waals surface area contributed by atoms with E-state index < -0.39 is 0 Å². The molecule has 2 aliphatic rings. The standard InChI is InChI=1S/C25H26ClNO4S/c1-30-22-13-18(11-12-21(22)31-16-19-9-5-6-10-20(19)26)14-23-24(28)27(25(29)32-23)15-17-7-3-2-4-8-17/h5-6,9-14,17H,2-4,7-8,15-16H2,1H3/b23-14+. The van der Waals surface area contributed by atoms with Crippen molar-refractivity contribution in [1.29, 1.82) is 0 Å². The van der Waals surface area contributed by atoms with Crippen molar-refractivity contribution in [3.63, 3.8) is 0 Å². The minimum atomic E-state index is -0.205. The molecule has 1 heterocycles. The molecular weight excluding hydrogens is 446 g/mol. The van der Waals surface area contributed by atoms with Crippen LogP contribution in [0.2, 0.25) is 5.02 Å². The maximum Gasteiger partial charge on any atom is 0.293 e. The molecule has 1 aliphatic carbocycles. The third-order valence-electron chi connectivity index (χ3n) is 5.87. The number of ether oxygens (including phenoxy) is 2. The molecule has 1 saturated carbocycles. The maximum atomic E-state index is 12.9. The Kier molecular flexibility index (Phi) is 7.43. The molecule has 2 aromatic rings. The average Bonchev–Trinajstić information content (AvgIpc) is 3.07. The monoisotopic (exact) mass is 471 g/mol. The van der Waals surface area contributed by atoms with Gasteiger partial charge in [0.2, 0.25) is 0 Å². The number of carbonyl (C=O) groups excluding carboxylic acids is 2. The number of amides is 2. The number of methoxy groups -OCH3 is 1. The molecule has 0 N–H and O–H groups in total. The van der Waals surface area contributed by atoms with E-state index in [1.54, 1.807) is 25.3 Å². The highest BCUT2D eigenvalue weighted by atomic mass is 35.5. The lowest BCUT2D eigenvalue weighted by molar-refractivity contribution is -0.123. The number of benzene rings is 2. The van der Waals surface area contributed by atoms with Gasteiger partial charge in [-0.2, -0.15) is 0 Å². The third kappa shape index (κ3) is 5.30. The van der Waals surface area contributed by atoms with E-state index in [1.165, 1.54) is 24.2 Å². The number of hydrogen-bond acceptors (Lipinski definition) is 5. The van der Waals surface area contributed by atoms with Crippen LogP contribution in [-0.2, 0) is 11.4 Å². The van der Waals surface area contributed by atoms with Gasteiger partial charge in [0.1, 0.15) is 6.61 Å². The Morgan fingerprint density at radius 2 is 1.88 bits per heavy atom. The zero-order chi connectivity index (χ0) is 22.5. The van der Waals surface area contributed by atoms with Gasteiger partial charge in [0.05, 0.1) is 12.0 Å². The van der Waals surface area contributed by atoms with Crippen molar-refractivity contribution in [3.8, 4) is 11.5 Å². The summed E-state index contributed by atoms with van der Waals surface area (Å²) in [6.45, 7) is 0.843. The summed E-state index contributed by atoms with van der Waals surface area (Å²) in [5, 5.41) is 0.463. The third-order valence-corrected chi connectivity index (χ3v) is 7.14. The molecule has 0 spiro atoms. The first-order valence-electron chi connectivity index (χ1n) is 10.8. The van der Waals surface area contributed by atoms with Gasteiger partial charge in [0, 0.05) is 17.1 Å². The van der Waals surface area contributed by atoms with Gasteiger partial charge in [-0.15, -0.1) is 0 Å². The fraction of sp³-hybridized carbons (Fsp3) is 0.360. The molecule has 2 amide bonds. The van der Waals surface area contributed by atoms with E-state index >= 15 is 0 Å². The molecule has 0 atom stereocenters. The summed E-state index contributed by atoms with van der Waals surface area (Å²) in [4.78, 5) is 27.2. The summed E-state index contributed by atoms with van der Waals surface area (Å²) in [6, 6.07) is 13.0. The lowest BCUT2D eigenvalue weighted by Gasteiger charge is -2.25. The first kappa shape index (κ1) is 22.7. The van der Waals surface area contributed by atoms with Crippen molar-refractivity contribution in [2.24, 2.45) is 5.92 Å². The van der Waals surface area contributed by atoms with E-state index in [2.05, 4.69) is 0 Å². The molecule has 1 saturated heterocycles. The van der Waals surface area contributed by atoms with Crippen LogP contribution in [0.3, 0.4) is 0 Å². The zero-order valence-electron chi connectivity index (χ0n) is 18.0. The Labute approximate surface area is 197 Å². The Morgan fingerprint density at radius 1 is 1.09 bits per heavy atom. The highest BCUT2D eigenvalue weighted by molar-refractivity contribution is 8.18. The fourth-order valence-corrected chi connectivity index (χ4v) is 5.14. The summed E-state index contributed by atoms with van der Waals surface area (Å²) in [5.41, 5.74) is 1.65. The van der Waals surface area contributed by atoms with Crippen LogP contribution in [0.5, 0.6) is 11.5 Å². The zero-order valence-corrected chi connectivity index (χ0v) is 19.6. The van der Waals surface area contributed by atoms with Crippen LogP contribution >= 0.6 is 23.4 Å². The molecular formula is C25H26ClNO4S. The molecule has 4 rings (SSSR count). The van der Waals surface area contributed by atoms with E-state index in [0.29, 0.717) is 40.5 Å². The van der Waals surface area contributed by atoms with Crippen molar-refractivity contribution in [3.05, 3.63) is 63.5 Å². The Hall–Kier alpha value is -2.44. The van der Waals surface area contributed by atoms with Crippen molar-refractivity contribution >= 4 is 40.6 Å². The molecule has 2 fully saturated rings. The maximum absolute atomic E-state index is 12.9. The Morgan fingerprint density at radius 3 is 2.62 bits per heavy atom. The second-order valence-corrected chi connectivity index (χ2v) is 9.49. The summed E-state index contributed by atoms with van der Waals surface area (Å²) in [7, 11) is 1.57. The van der Waals surface area contributed by atoms with Gasteiger partial charge in [0.25, 0.3) is 11.1 Å². The molecule has 168 valence electrons. The van der Waals surface area contributed by atoms with Gasteiger partial charge in [0.15, 0.2) is 11.5 Å². The van der Waals surface area contributed by atoms with Crippen LogP contribution in [-0.4, -0.2) is 29.7 Å². The van der Waals surface area contributed by atoms with Gasteiger partial charge in [-0.25, -0.2) is 0 Å². The van der Waals surface area contributed by atoms with E-state index in [9.17, 15) is 9.59 Å². The molecule has 2 aromatic carbocycles. The molecule has 0 bridgehead atoms. The molecule has 0 radical (unpaired) electrons. The number of carbonyl (C=O) groups is 2. The van der Waals surface area contributed by atoms with Crippen molar-refractivity contribution in [1.82, 2.24) is 4.90 Å². The highest BCUT2D eigenvalue weighted by Gasteiger charge is 2.36. The minimum absolute atomic E-state index is 0.182. The second-order valence-electron chi connectivity index (χ2n) is 8.09. The number of hydrogen-bond donors (Lipinski definition) is 0. The van der Waals surface area contributed by atoms with Crippen LogP contribution in [0.15, 0.2) is 47.4 Å². The predicted molar refractivity (Wildman–Crippen MR) is 128 cm³/mol. The Balaban J connectivity index is 1.45. The van der Waals surface area contributed by atoms with Crippen LogP contribution in [0, 0.1) is 5.92 Å². The first-order valence-corrected chi connectivity index (χ1v) is 12.0. The van der Waals surface area contributed by atoms with Crippen molar-refractivity contribution in [2.75, 3.05) is 13.7 Å². The topological polar surface area (TPSA) is 55.8 Å². The highest BCUT2D eigenvalue weighted by Crippen LogP contribution is 2.36. The first-order chi connectivity index (χ1) is 15.5.